The third-order valence-corrected chi connectivity index (χ3v) is 3.72. The molecule has 3 N–H and O–H groups in total. The molecule has 0 aliphatic carbocycles. The van der Waals surface area contributed by atoms with Gasteiger partial charge in [0.15, 0.2) is 0 Å². The summed E-state index contributed by atoms with van der Waals surface area (Å²) in [7, 11) is 1.33. The van der Waals surface area contributed by atoms with E-state index in [0.717, 1.165) is 12.1 Å². The van der Waals surface area contributed by atoms with Crippen molar-refractivity contribution in [2.45, 2.75) is 12.5 Å². The van der Waals surface area contributed by atoms with E-state index in [0.29, 0.717) is 6.07 Å². The summed E-state index contributed by atoms with van der Waals surface area (Å²) in [5, 5.41) is 13.2. The molecule has 27 heavy (non-hydrogen) atoms. The molecule has 0 unspecified atom stereocenters. The zero-order valence-electron chi connectivity index (χ0n) is 14.1. The van der Waals surface area contributed by atoms with Crippen LogP contribution in [0.5, 0.6) is 5.75 Å². The maximum Gasteiger partial charge on any atom is 0.269 e. The van der Waals surface area contributed by atoms with Crippen molar-refractivity contribution >= 4 is 17.5 Å². The Kier molecular flexibility index (Phi) is 6.01. The zero-order chi connectivity index (χ0) is 20.1. The third-order valence-electron chi connectivity index (χ3n) is 3.72. The van der Waals surface area contributed by atoms with Gasteiger partial charge in [-0.15, -0.1) is 0 Å². The van der Waals surface area contributed by atoms with Gasteiger partial charge in [0.05, 0.1) is 17.6 Å². The molecular weight excluding hydrogens is 364 g/mol. The first-order valence-electron chi connectivity index (χ1n) is 7.59. The molecule has 8 nitrogen and oxygen atoms in total. The van der Waals surface area contributed by atoms with Crippen molar-refractivity contribution in [2.24, 2.45) is 5.73 Å². The quantitative estimate of drug-likeness (QED) is 0.560. The van der Waals surface area contributed by atoms with E-state index < -0.39 is 40.0 Å². The molecule has 2 rings (SSSR count). The lowest BCUT2D eigenvalue weighted by Crippen LogP contribution is -2.46. The number of nitro benzene ring substituents is 1. The molecule has 0 aliphatic rings. The van der Waals surface area contributed by atoms with Gasteiger partial charge in [-0.1, -0.05) is 0 Å². The molecule has 2 aromatic rings. The van der Waals surface area contributed by atoms with E-state index in [9.17, 15) is 28.5 Å². The van der Waals surface area contributed by atoms with E-state index in [4.69, 9.17) is 10.5 Å². The third kappa shape index (κ3) is 4.75. The average molecular weight is 379 g/mol. The van der Waals surface area contributed by atoms with Crippen LogP contribution in [-0.4, -0.2) is 29.9 Å². The smallest absolute Gasteiger partial charge is 0.269 e. The average Bonchev–Trinajstić information content (AvgIpc) is 2.60. The van der Waals surface area contributed by atoms with Gasteiger partial charge in [0.25, 0.3) is 11.6 Å². The predicted molar refractivity (Wildman–Crippen MR) is 90.2 cm³/mol. The highest BCUT2D eigenvalue weighted by Crippen LogP contribution is 2.25. The number of halogens is 2. The Balaban J connectivity index is 2.28. The van der Waals surface area contributed by atoms with Gasteiger partial charge in [-0.3, -0.25) is 19.7 Å². The molecule has 2 aromatic carbocycles. The van der Waals surface area contributed by atoms with Gasteiger partial charge in [0.2, 0.25) is 5.91 Å². The zero-order valence-corrected chi connectivity index (χ0v) is 14.1. The van der Waals surface area contributed by atoms with Gasteiger partial charge in [-0.25, -0.2) is 8.78 Å². The predicted octanol–water partition coefficient (Wildman–Crippen LogP) is 1.71. The maximum atomic E-state index is 13.7. The number of ether oxygens (including phenoxy) is 1. The first-order valence-corrected chi connectivity index (χ1v) is 7.59. The lowest BCUT2D eigenvalue weighted by Gasteiger charge is -2.17. The highest BCUT2D eigenvalue weighted by molar-refractivity contribution is 5.97. The Morgan fingerprint density at radius 1 is 1.26 bits per heavy atom. The summed E-state index contributed by atoms with van der Waals surface area (Å²) in [5.41, 5.74) is 4.80. The Hall–Kier alpha value is -3.56. The number of nitrogens with one attached hydrogen (secondary N) is 1. The highest BCUT2D eigenvalue weighted by Gasteiger charge is 2.24. The van der Waals surface area contributed by atoms with Crippen LogP contribution < -0.4 is 15.8 Å². The normalized spacial score (nSPS) is 11.5. The number of amides is 2. The van der Waals surface area contributed by atoms with E-state index >= 15 is 0 Å². The second-order valence-corrected chi connectivity index (χ2v) is 5.51. The number of hydrogen-bond donors (Lipinski definition) is 2. The van der Waals surface area contributed by atoms with Gasteiger partial charge >= 0.3 is 0 Å². The number of nitrogens with two attached hydrogens (primary N) is 1. The van der Waals surface area contributed by atoms with Crippen molar-refractivity contribution in [3.05, 3.63) is 69.3 Å². The van der Waals surface area contributed by atoms with Crippen LogP contribution in [0.15, 0.2) is 36.4 Å². The van der Waals surface area contributed by atoms with Crippen LogP contribution in [0.2, 0.25) is 0 Å². The lowest BCUT2D eigenvalue weighted by molar-refractivity contribution is -0.384. The number of nitrogens with zero attached hydrogens (tertiary/aromatic N) is 1. The minimum absolute atomic E-state index is 0.227. The number of hydrogen-bond acceptors (Lipinski definition) is 5. The summed E-state index contributed by atoms with van der Waals surface area (Å²) >= 11 is 0. The van der Waals surface area contributed by atoms with Crippen LogP contribution in [0.25, 0.3) is 0 Å². The summed E-state index contributed by atoms with van der Waals surface area (Å²) in [6.07, 6.45) is -0.227. The number of non-ortho nitro benzene ring substituents is 1. The molecule has 10 heteroatoms. The summed E-state index contributed by atoms with van der Waals surface area (Å²) in [6.45, 7) is 0. The van der Waals surface area contributed by atoms with Crippen LogP contribution in [0.4, 0.5) is 14.5 Å². The molecule has 2 amide bonds. The molecule has 142 valence electrons. The summed E-state index contributed by atoms with van der Waals surface area (Å²) < 4.78 is 31.8. The van der Waals surface area contributed by atoms with Crippen LogP contribution in [0.3, 0.4) is 0 Å². The highest BCUT2D eigenvalue weighted by atomic mass is 19.1. The number of primary amides is 1. The molecule has 0 aromatic heterocycles. The second-order valence-electron chi connectivity index (χ2n) is 5.51. The second kappa shape index (κ2) is 8.21. The van der Waals surface area contributed by atoms with Crippen molar-refractivity contribution in [2.75, 3.05) is 7.11 Å². The lowest BCUT2D eigenvalue weighted by atomic mass is 10.0. The monoisotopic (exact) mass is 379 g/mol. The van der Waals surface area contributed by atoms with Crippen molar-refractivity contribution in [3.63, 3.8) is 0 Å². The maximum absolute atomic E-state index is 13.7. The van der Waals surface area contributed by atoms with Crippen molar-refractivity contribution in [3.8, 4) is 5.75 Å². The Morgan fingerprint density at radius 2 is 1.96 bits per heavy atom. The van der Waals surface area contributed by atoms with E-state index in [1.807, 2.05) is 0 Å². The van der Waals surface area contributed by atoms with Crippen LogP contribution in [0.1, 0.15) is 15.9 Å². The molecule has 0 saturated carbocycles. The molecular formula is C17H15F2N3O5. The van der Waals surface area contributed by atoms with Gasteiger partial charge < -0.3 is 15.8 Å². The summed E-state index contributed by atoms with van der Waals surface area (Å²) in [6, 6.07) is 4.77. The largest absolute Gasteiger partial charge is 0.496 e. The van der Waals surface area contributed by atoms with Crippen molar-refractivity contribution in [1.82, 2.24) is 5.32 Å². The fourth-order valence-corrected chi connectivity index (χ4v) is 2.39. The SMILES string of the molecule is COc1ccc([N+](=O)[O-])cc1C[C@@H](NC(=O)c1ccc(F)cc1F)C(N)=O. The Bertz CT molecular complexity index is 904. The van der Waals surface area contributed by atoms with Crippen molar-refractivity contribution < 1.29 is 28.0 Å². The molecule has 1 atom stereocenters. The van der Waals surface area contributed by atoms with E-state index in [-0.39, 0.29) is 23.4 Å². The first-order chi connectivity index (χ1) is 12.7. The Morgan fingerprint density at radius 3 is 2.52 bits per heavy atom. The minimum atomic E-state index is -1.31. The van der Waals surface area contributed by atoms with Gasteiger partial charge in [0.1, 0.15) is 23.4 Å². The number of benzene rings is 2. The Labute approximate surface area is 152 Å². The van der Waals surface area contributed by atoms with Gasteiger partial charge in [-0.2, -0.15) is 0 Å². The summed E-state index contributed by atoms with van der Waals surface area (Å²) in [5.74, 6) is -3.66. The molecule has 0 bridgehead atoms. The molecule has 0 heterocycles. The molecule has 0 spiro atoms. The van der Waals surface area contributed by atoms with E-state index in [1.54, 1.807) is 0 Å². The van der Waals surface area contributed by atoms with Gasteiger partial charge in [-0.05, 0) is 18.2 Å². The number of carbonyl (C=O) groups is 2. The molecule has 0 saturated heterocycles. The first kappa shape index (κ1) is 19.8. The van der Waals surface area contributed by atoms with E-state index in [1.165, 1.54) is 25.3 Å². The molecule has 0 radical (unpaired) electrons. The van der Waals surface area contributed by atoms with Crippen LogP contribution in [-0.2, 0) is 11.2 Å². The van der Waals surface area contributed by atoms with E-state index in [2.05, 4.69) is 5.32 Å². The number of rotatable bonds is 7. The minimum Gasteiger partial charge on any atom is -0.496 e. The summed E-state index contributed by atoms with van der Waals surface area (Å²) in [4.78, 5) is 34.2. The number of nitro groups is 1. The molecule has 0 fully saturated rings. The van der Waals surface area contributed by atoms with Crippen molar-refractivity contribution in [1.29, 1.82) is 0 Å². The number of carbonyl (C=O) groups excluding carboxylic acids is 2. The fraction of sp³-hybridized carbons (Fsp3) is 0.176. The fourth-order valence-electron chi connectivity index (χ4n) is 2.39. The topological polar surface area (TPSA) is 125 Å². The van der Waals surface area contributed by atoms with Crippen LogP contribution >= 0.6 is 0 Å². The number of methoxy groups -OCH3 is 1. The van der Waals surface area contributed by atoms with Crippen LogP contribution in [0, 0.1) is 21.7 Å². The standard InChI is InChI=1S/C17H15F2N3O5/c1-27-15-5-3-11(22(25)26)6-9(15)7-14(16(20)23)21-17(24)12-4-2-10(18)8-13(12)19/h2-6,8,14H,7H2,1H3,(H2,20,23)(H,21,24)/t14-/m1/s1. The molecule has 0 aliphatic heterocycles. The van der Waals surface area contributed by atoms with Gasteiger partial charge in [0, 0.05) is 30.2 Å².